The van der Waals surface area contributed by atoms with Crippen LogP contribution in [0.25, 0.3) is 0 Å². The quantitative estimate of drug-likeness (QED) is 0.256. The van der Waals surface area contributed by atoms with Crippen LogP contribution in [-0.2, 0) is 13.6 Å². The molecule has 7 heteroatoms. The van der Waals surface area contributed by atoms with Gasteiger partial charge in [-0.2, -0.15) is 0 Å². The smallest absolute Gasteiger partial charge is 0.191 e. The van der Waals surface area contributed by atoms with Crippen LogP contribution in [0, 0.1) is 5.92 Å². The maximum absolute atomic E-state index is 4.55. The van der Waals surface area contributed by atoms with Crippen LogP contribution in [0.1, 0.15) is 58.7 Å². The highest BCUT2D eigenvalue weighted by Gasteiger charge is 2.01. The molecule has 1 aromatic heterocycles. The molecule has 0 atom stereocenters. The van der Waals surface area contributed by atoms with E-state index in [1.807, 2.05) is 11.6 Å². The Morgan fingerprint density at radius 2 is 1.96 bits per heavy atom. The van der Waals surface area contributed by atoms with Crippen LogP contribution < -0.4 is 10.6 Å². The van der Waals surface area contributed by atoms with Gasteiger partial charge in [-0.3, -0.25) is 0 Å². The third-order valence-electron chi connectivity index (χ3n) is 3.53. The number of guanidine groups is 1. The van der Waals surface area contributed by atoms with Gasteiger partial charge in [0.1, 0.15) is 12.9 Å². The van der Waals surface area contributed by atoms with E-state index in [0.29, 0.717) is 6.54 Å². The molecule has 2 N–H and O–H groups in total. The third kappa shape index (κ3) is 10.5. The normalized spacial score (nSPS) is 11.4. The summed E-state index contributed by atoms with van der Waals surface area (Å²) in [7, 11) is 1.93. The van der Waals surface area contributed by atoms with Crippen LogP contribution in [0.15, 0.2) is 11.3 Å². The van der Waals surface area contributed by atoms with Gasteiger partial charge >= 0.3 is 0 Å². The van der Waals surface area contributed by atoms with Gasteiger partial charge in [-0.25, -0.2) is 4.99 Å². The van der Waals surface area contributed by atoms with E-state index in [2.05, 4.69) is 46.6 Å². The number of unbranched alkanes of at least 4 members (excludes halogenated alkanes) is 3. The first-order valence-corrected chi connectivity index (χ1v) is 8.48. The molecule has 0 saturated carbocycles. The number of nitrogens with one attached hydrogen (secondary N) is 2. The van der Waals surface area contributed by atoms with Gasteiger partial charge in [0.2, 0.25) is 0 Å². The van der Waals surface area contributed by atoms with Crippen LogP contribution in [0.4, 0.5) is 0 Å². The van der Waals surface area contributed by atoms with Crippen LogP contribution in [-0.4, -0.2) is 33.8 Å². The lowest BCUT2D eigenvalue weighted by Gasteiger charge is -2.11. The van der Waals surface area contributed by atoms with Gasteiger partial charge in [-0.1, -0.05) is 39.5 Å². The zero-order valence-corrected chi connectivity index (χ0v) is 17.3. The molecular weight excluding hydrogens is 403 g/mol. The Morgan fingerprint density at radius 1 is 1.22 bits per heavy atom. The van der Waals surface area contributed by atoms with Crippen molar-refractivity contribution in [3.05, 3.63) is 12.2 Å². The lowest BCUT2D eigenvalue weighted by atomic mass is 10.0. The van der Waals surface area contributed by atoms with E-state index in [1.54, 1.807) is 6.33 Å². The lowest BCUT2D eigenvalue weighted by molar-refractivity contribution is 0.518. The maximum Gasteiger partial charge on any atom is 0.191 e. The number of hydrogen-bond acceptors (Lipinski definition) is 3. The summed E-state index contributed by atoms with van der Waals surface area (Å²) < 4.78 is 1.89. The molecular formula is C16H33IN6. The van der Waals surface area contributed by atoms with Crippen molar-refractivity contribution in [2.75, 3.05) is 13.1 Å². The van der Waals surface area contributed by atoms with E-state index in [4.69, 9.17) is 0 Å². The van der Waals surface area contributed by atoms with E-state index in [0.717, 1.165) is 30.8 Å². The number of aryl methyl sites for hydroxylation is 1. The highest BCUT2D eigenvalue weighted by Crippen LogP contribution is 2.08. The van der Waals surface area contributed by atoms with E-state index in [9.17, 15) is 0 Å². The molecule has 0 aromatic carbocycles. The van der Waals surface area contributed by atoms with Crippen molar-refractivity contribution in [2.45, 2.75) is 59.4 Å². The fourth-order valence-corrected chi connectivity index (χ4v) is 2.18. The monoisotopic (exact) mass is 436 g/mol. The average Bonchev–Trinajstić information content (AvgIpc) is 2.88. The lowest BCUT2D eigenvalue weighted by Crippen LogP contribution is -2.37. The molecule has 0 aliphatic carbocycles. The Balaban J connectivity index is 0.00000484. The van der Waals surface area contributed by atoms with Crippen LogP contribution >= 0.6 is 24.0 Å². The summed E-state index contributed by atoms with van der Waals surface area (Å²) >= 11 is 0. The molecule has 1 heterocycles. The molecule has 0 saturated heterocycles. The SMILES string of the molecule is CCNC(=NCc1nncn1C)NCCCCCCC(C)C.I. The Kier molecular flexibility index (Phi) is 13.1. The van der Waals surface area contributed by atoms with E-state index < -0.39 is 0 Å². The largest absolute Gasteiger partial charge is 0.357 e. The van der Waals surface area contributed by atoms with Gasteiger partial charge in [-0.15, -0.1) is 34.2 Å². The molecule has 1 aromatic rings. The standard InChI is InChI=1S/C16H32N6.HI/c1-5-17-16(19-12-15-21-20-13-22(15)4)18-11-9-7-6-8-10-14(2)3;/h13-14H,5-12H2,1-4H3,(H2,17,18,19);1H. The Bertz CT molecular complexity index is 430. The third-order valence-corrected chi connectivity index (χ3v) is 3.53. The van der Waals surface area contributed by atoms with E-state index in [-0.39, 0.29) is 24.0 Å². The summed E-state index contributed by atoms with van der Waals surface area (Å²) in [5.74, 6) is 2.55. The second kappa shape index (κ2) is 13.6. The second-order valence-corrected chi connectivity index (χ2v) is 6.08. The van der Waals surface area contributed by atoms with Crippen molar-refractivity contribution in [1.82, 2.24) is 25.4 Å². The first-order chi connectivity index (χ1) is 10.6. The van der Waals surface area contributed by atoms with Crippen LogP contribution in [0.5, 0.6) is 0 Å². The molecule has 0 aliphatic rings. The molecule has 0 radical (unpaired) electrons. The van der Waals surface area contributed by atoms with Crippen molar-refractivity contribution in [3.63, 3.8) is 0 Å². The number of nitrogens with zero attached hydrogens (tertiary/aromatic N) is 4. The highest BCUT2D eigenvalue weighted by molar-refractivity contribution is 14.0. The number of halogens is 1. The Morgan fingerprint density at radius 3 is 2.57 bits per heavy atom. The molecule has 0 bridgehead atoms. The van der Waals surface area contributed by atoms with Crippen molar-refractivity contribution in [2.24, 2.45) is 18.0 Å². The zero-order chi connectivity index (χ0) is 16.2. The van der Waals surface area contributed by atoms with Crippen molar-refractivity contribution >= 4 is 29.9 Å². The molecule has 0 unspecified atom stereocenters. The second-order valence-electron chi connectivity index (χ2n) is 6.08. The summed E-state index contributed by atoms with van der Waals surface area (Å²) in [5.41, 5.74) is 0. The predicted molar refractivity (Wildman–Crippen MR) is 107 cm³/mol. The van der Waals surface area contributed by atoms with Crippen molar-refractivity contribution in [1.29, 1.82) is 0 Å². The minimum atomic E-state index is 0. The summed E-state index contributed by atoms with van der Waals surface area (Å²) in [4.78, 5) is 4.55. The summed E-state index contributed by atoms with van der Waals surface area (Å²) in [6, 6.07) is 0. The summed E-state index contributed by atoms with van der Waals surface area (Å²) in [6.45, 7) is 9.02. The fourth-order valence-electron chi connectivity index (χ4n) is 2.18. The number of aromatic nitrogens is 3. The predicted octanol–water partition coefficient (Wildman–Crippen LogP) is 3.09. The number of rotatable bonds is 10. The molecule has 0 aliphatic heterocycles. The fraction of sp³-hybridized carbons (Fsp3) is 0.812. The summed E-state index contributed by atoms with van der Waals surface area (Å²) in [5, 5.41) is 14.6. The number of hydrogen-bond donors (Lipinski definition) is 2. The van der Waals surface area contributed by atoms with Gasteiger partial charge in [0.05, 0.1) is 0 Å². The molecule has 134 valence electrons. The average molecular weight is 436 g/mol. The van der Waals surface area contributed by atoms with Gasteiger partial charge in [0.15, 0.2) is 11.8 Å². The molecule has 6 nitrogen and oxygen atoms in total. The molecule has 0 spiro atoms. The zero-order valence-electron chi connectivity index (χ0n) is 15.0. The first-order valence-electron chi connectivity index (χ1n) is 8.48. The molecule has 0 fully saturated rings. The van der Waals surface area contributed by atoms with Crippen LogP contribution in [0.2, 0.25) is 0 Å². The van der Waals surface area contributed by atoms with Gasteiger partial charge in [0, 0.05) is 20.1 Å². The highest BCUT2D eigenvalue weighted by atomic mass is 127. The molecule has 0 amide bonds. The van der Waals surface area contributed by atoms with Gasteiger partial charge in [0.25, 0.3) is 0 Å². The van der Waals surface area contributed by atoms with Gasteiger partial charge in [-0.05, 0) is 19.3 Å². The minimum absolute atomic E-state index is 0. The minimum Gasteiger partial charge on any atom is -0.357 e. The van der Waals surface area contributed by atoms with Gasteiger partial charge < -0.3 is 15.2 Å². The molecule has 23 heavy (non-hydrogen) atoms. The van der Waals surface area contributed by atoms with E-state index in [1.165, 1.54) is 32.1 Å². The molecule has 1 rings (SSSR count). The maximum atomic E-state index is 4.55. The Labute approximate surface area is 158 Å². The van der Waals surface area contributed by atoms with Crippen molar-refractivity contribution in [3.8, 4) is 0 Å². The van der Waals surface area contributed by atoms with Crippen molar-refractivity contribution < 1.29 is 0 Å². The van der Waals surface area contributed by atoms with Crippen LogP contribution in [0.3, 0.4) is 0 Å². The number of aliphatic imine (C=N–C) groups is 1. The topological polar surface area (TPSA) is 67.1 Å². The first kappa shape index (κ1) is 22.1. The summed E-state index contributed by atoms with van der Waals surface area (Å²) in [6.07, 6.45) is 8.18. The van der Waals surface area contributed by atoms with E-state index >= 15 is 0 Å². The Hall–Kier alpha value is -0.860.